The number of nitrogens with zero attached hydrogens (tertiary/aromatic N) is 1. The van der Waals surface area contributed by atoms with E-state index in [9.17, 15) is 4.79 Å². The van der Waals surface area contributed by atoms with Crippen molar-refractivity contribution in [3.05, 3.63) is 28.8 Å². The lowest BCUT2D eigenvalue weighted by atomic mass is 10.1. The molecule has 3 nitrogen and oxygen atoms in total. The standard InChI is InChI=1S/C14H19ClN2O/c1-10-6-5-7-12(15)13(10)16-11(2)14(18)17-8-3-4-9-17/h5-7,11,16H,3-4,8-9H2,1-2H3. The average Bonchev–Trinajstić information content (AvgIpc) is 2.86. The Morgan fingerprint density at radius 1 is 1.39 bits per heavy atom. The summed E-state index contributed by atoms with van der Waals surface area (Å²) in [6.07, 6.45) is 2.23. The highest BCUT2D eigenvalue weighted by Gasteiger charge is 2.23. The van der Waals surface area contributed by atoms with Crippen LogP contribution in [0.15, 0.2) is 18.2 Å². The van der Waals surface area contributed by atoms with Gasteiger partial charge in [-0.2, -0.15) is 0 Å². The fourth-order valence-corrected chi connectivity index (χ4v) is 2.58. The van der Waals surface area contributed by atoms with Gasteiger partial charge in [0.15, 0.2) is 0 Å². The first kappa shape index (κ1) is 13.2. The second kappa shape index (κ2) is 5.61. The third-order valence-corrected chi connectivity index (χ3v) is 3.69. The number of carbonyl (C=O) groups is 1. The van der Waals surface area contributed by atoms with E-state index in [4.69, 9.17) is 11.6 Å². The Kier molecular flexibility index (Phi) is 4.12. The number of carbonyl (C=O) groups excluding carboxylic acids is 1. The molecular weight excluding hydrogens is 248 g/mol. The van der Waals surface area contributed by atoms with Crippen molar-refractivity contribution in [2.75, 3.05) is 18.4 Å². The maximum atomic E-state index is 12.2. The molecule has 1 heterocycles. The predicted octanol–water partition coefficient (Wildman–Crippen LogP) is 3.07. The summed E-state index contributed by atoms with van der Waals surface area (Å²) < 4.78 is 0. The summed E-state index contributed by atoms with van der Waals surface area (Å²) >= 11 is 6.15. The van der Waals surface area contributed by atoms with Crippen LogP contribution in [0.2, 0.25) is 5.02 Å². The minimum Gasteiger partial charge on any atom is -0.372 e. The molecule has 1 N–H and O–H groups in total. The molecule has 1 aliphatic heterocycles. The molecule has 0 aliphatic carbocycles. The van der Waals surface area contributed by atoms with E-state index in [1.807, 2.05) is 36.9 Å². The largest absolute Gasteiger partial charge is 0.372 e. The topological polar surface area (TPSA) is 32.3 Å². The van der Waals surface area contributed by atoms with Crippen LogP contribution < -0.4 is 5.32 Å². The third-order valence-electron chi connectivity index (χ3n) is 3.37. The van der Waals surface area contributed by atoms with Crippen LogP contribution in [0.25, 0.3) is 0 Å². The smallest absolute Gasteiger partial charge is 0.244 e. The summed E-state index contributed by atoms with van der Waals surface area (Å²) in [5.41, 5.74) is 1.92. The minimum atomic E-state index is -0.235. The Bertz CT molecular complexity index is 421. The van der Waals surface area contributed by atoms with Gasteiger partial charge in [-0.25, -0.2) is 0 Å². The van der Waals surface area contributed by atoms with Crippen molar-refractivity contribution in [2.45, 2.75) is 32.7 Å². The number of hydrogen-bond donors (Lipinski definition) is 1. The fraction of sp³-hybridized carbons (Fsp3) is 0.500. The third kappa shape index (κ3) is 2.78. The van der Waals surface area contributed by atoms with E-state index in [0.717, 1.165) is 37.2 Å². The van der Waals surface area contributed by atoms with E-state index in [-0.39, 0.29) is 11.9 Å². The molecule has 2 rings (SSSR count). The molecule has 4 heteroatoms. The molecule has 1 fully saturated rings. The first-order valence-electron chi connectivity index (χ1n) is 6.40. The molecule has 0 aromatic heterocycles. The van der Waals surface area contributed by atoms with E-state index in [0.29, 0.717) is 5.02 Å². The van der Waals surface area contributed by atoms with Crippen molar-refractivity contribution in [2.24, 2.45) is 0 Å². The molecule has 1 amide bonds. The summed E-state index contributed by atoms with van der Waals surface area (Å²) in [6.45, 7) is 5.64. The molecule has 1 aliphatic rings. The SMILES string of the molecule is Cc1cccc(Cl)c1NC(C)C(=O)N1CCCC1. The van der Waals surface area contributed by atoms with E-state index in [1.165, 1.54) is 0 Å². The lowest BCUT2D eigenvalue weighted by molar-refractivity contribution is -0.130. The van der Waals surface area contributed by atoms with Crippen molar-refractivity contribution in [1.82, 2.24) is 4.90 Å². The van der Waals surface area contributed by atoms with Gasteiger partial charge in [0.25, 0.3) is 0 Å². The highest BCUT2D eigenvalue weighted by atomic mass is 35.5. The zero-order valence-corrected chi connectivity index (χ0v) is 11.6. The van der Waals surface area contributed by atoms with Crippen LogP contribution in [0, 0.1) is 6.92 Å². The highest BCUT2D eigenvalue weighted by molar-refractivity contribution is 6.33. The van der Waals surface area contributed by atoms with Crippen LogP contribution in [0.3, 0.4) is 0 Å². The molecule has 0 bridgehead atoms. The Labute approximate surface area is 113 Å². The van der Waals surface area contributed by atoms with E-state index >= 15 is 0 Å². The molecule has 1 aromatic rings. The molecule has 1 aromatic carbocycles. The summed E-state index contributed by atoms with van der Waals surface area (Å²) in [6, 6.07) is 5.50. The predicted molar refractivity (Wildman–Crippen MR) is 75.1 cm³/mol. The lowest BCUT2D eigenvalue weighted by Crippen LogP contribution is -2.39. The van der Waals surface area contributed by atoms with E-state index in [1.54, 1.807) is 0 Å². The number of rotatable bonds is 3. The number of para-hydroxylation sites is 1. The van der Waals surface area contributed by atoms with Gasteiger partial charge in [-0.1, -0.05) is 23.7 Å². The Morgan fingerprint density at radius 3 is 2.67 bits per heavy atom. The number of aryl methyl sites for hydroxylation is 1. The van der Waals surface area contributed by atoms with Gasteiger partial charge in [0.2, 0.25) is 5.91 Å². The normalized spacial score (nSPS) is 16.7. The van der Waals surface area contributed by atoms with Crippen molar-refractivity contribution in [3.8, 4) is 0 Å². The van der Waals surface area contributed by atoms with Crippen LogP contribution in [-0.4, -0.2) is 29.9 Å². The van der Waals surface area contributed by atoms with Gasteiger partial charge in [0.05, 0.1) is 10.7 Å². The minimum absolute atomic E-state index is 0.159. The second-order valence-electron chi connectivity index (χ2n) is 4.83. The summed E-state index contributed by atoms with van der Waals surface area (Å²) in [4.78, 5) is 14.1. The van der Waals surface area contributed by atoms with Crippen LogP contribution in [-0.2, 0) is 4.79 Å². The fourth-order valence-electron chi connectivity index (χ4n) is 2.30. The summed E-state index contributed by atoms with van der Waals surface area (Å²) in [7, 11) is 0. The van der Waals surface area contributed by atoms with Crippen molar-refractivity contribution < 1.29 is 4.79 Å². The van der Waals surface area contributed by atoms with Gasteiger partial charge in [-0.15, -0.1) is 0 Å². The van der Waals surface area contributed by atoms with Gasteiger partial charge in [0, 0.05) is 13.1 Å². The van der Waals surface area contributed by atoms with Gasteiger partial charge in [-0.3, -0.25) is 4.79 Å². The summed E-state index contributed by atoms with van der Waals surface area (Å²) in [5, 5.41) is 3.89. The molecule has 1 saturated heterocycles. The van der Waals surface area contributed by atoms with Crippen molar-refractivity contribution in [1.29, 1.82) is 0 Å². The Morgan fingerprint density at radius 2 is 2.06 bits per heavy atom. The zero-order chi connectivity index (χ0) is 13.1. The summed E-state index contributed by atoms with van der Waals surface area (Å²) in [5.74, 6) is 0.159. The number of halogens is 1. The number of likely N-dealkylation sites (tertiary alicyclic amines) is 1. The van der Waals surface area contributed by atoms with E-state index in [2.05, 4.69) is 5.32 Å². The van der Waals surface area contributed by atoms with Gasteiger partial charge in [-0.05, 0) is 38.3 Å². The van der Waals surface area contributed by atoms with Crippen LogP contribution >= 0.6 is 11.6 Å². The highest BCUT2D eigenvalue weighted by Crippen LogP contribution is 2.26. The molecule has 0 spiro atoms. The molecule has 0 saturated carbocycles. The monoisotopic (exact) mass is 266 g/mol. The van der Waals surface area contributed by atoms with Crippen molar-refractivity contribution >= 4 is 23.2 Å². The number of hydrogen-bond acceptors (Lipinski definition) is 2. The second-order valence-corrected chi connectivity index (χ2v) is 5.24. The first-order valence-corrected chi connectivity index (χ1v) is 6.78. The first-order chi connectivity index (χ1) is 8.59. The lowest BCUT2D eigenvalue weighted by Gasteiger charge is -2.23. The molecular formula is C14H19ClN2O. The van der Waals surface area contributed by atoms with Crippen molar-refractivity contribution in [3.63, 3.8) is 0 Å². The quantitative estimate of drug-likeness (QED) is 0.912. The number of benzene rings is 1. The Hall–Kier alpha value is -1.22. The number of anilines is 1. The maximum absolute atomic E-state index is 12.2. The van der Waals surface area contributed by atoms with Gasteiger partial charge in [0.1, 0.15) is 6.04 Å². The molecule has 0 radical (unpaired) electrons. The Balaban J connectivity index is 2.06. The molecule has 1 atom stereocenters. The van der Waals surface area contributed by atoms with E-state index < -0.39 is 0 Å². The van der Waals surface area contributed by atoms with Crippen LogP contribution in [0.1, 0.15) is 25.3 Å². The maximum Gasteiger partial charge on any atom is 0.244 e. The van der Waals surface area contributed by atoms with Crippen LogP contribution in [0.4, 0.5) is 5.69 Å². The van der Waals surface area contributed by atoms with Gasteiger partial charge < -0.3 is 10.2 Å². The van der Waals surface area contributed by atoms with Gasteiger partial charge >= 0.3 is 0 Å². The zero-order valence-electron chi connectivity index (χ0n) is 10.9. The molecule has 1 unspecified atom stereocenters. The average molecular weight is 267 g/mol. The molecule has 18 heavy (non-hydrogen) atoms. The number of amides is 1. The molecule has 98 valence electrons. The number of nitrogens with one attached hydrogen (secondary N) is 1. The van der Waals surface area contributed by atoms with Crippen LogP contribution in [0.5, 0.6) is 0 Å².